The average Bonchev–Trinajstić information content (AvgIpc) is 2.78. The Balaban J connectivity index is 1.59. The van der Waals surface area contributed by atoms with Crippen molar-refractivity contribution in [1.29, 1.82) is 0 Å². The van der Waals surface area contributed by atoms with Gasteiger partial charge in [-0.25, -0.2) is 0 Å². The van der Waals surface area contributed by atoms with E-state index in [2.05, 4.69) is 10.6 Å². The van der Waals surface area contributed by atoms with Crippen LogP contribution in [0.2, 0.25) is 0 Å². The Morgan fingerprint density at radius 1 is 0.875 bits per heavy atom. The zero-order valence-corrected chi connectivity index (χ0v) is 17.3. The second-order valence-corrected chi connectivity index (χ2v) is 7.20. The molecule has 2 amide bonds. The van der Waals surface area contributed by atoms with Gasteiger partial charge < -0.3 is 15.5 Å². The molecule has 0 heterocycles. The average molecular weight is 441 g/mol. The second-order valence-electron chi connectivity index (χ2n) is 7.20. The van der Waals surface area contributed by atoms with E-state index in [4.69, 9.17) is 0 Å². The lowest BCUT2D eigenvalue weighted by Crippen LogP contribution is -2.31. The third-order valence-electron chi connectivity index (χ3n) is 4.70. The zero-order chi connectivity index (χ0) is 23.1. The summed E-state index contributed by atoms with van der Waals surface area (Å²) < 4.78 is 38.6. The summed E-state index contributed by atoms with van der Waals surface area (Å²) in [5, 5.41) is 5.45. The number of carbonyl (C=O) groups excluding carboxylic acids is 2. The molecule has 0 saturated heterocycles. The highest BCUT2D eigenvalue weighted by molar-refractivity contribution is 6.04. The number of rotatable bonds is 7. The Bertz CT molecular complexity index is 1090. The van der Waals surface area contributed by atoms with E-state index in [1.54, 1.807) is 24.1 Å². The first-order valence-electron chi connectivity index (χ1n) is 9.83. The summed E-state index contributed by atoms with van der Waals surface area (Å²) in [4.78, 5) is 26.5. The predicted octanol–water partition coefficient (Wildman–Crippen LogP) is 5.03. The Hall–Kier alpha value is -3.81. The summed E-state index contributed by atoms with van der Waals surface area (Å²) in [6.07, 6.45) is -4.50. The number of benzene rings is 3. The number of halogens is 3. The Morgan fingerprint density at radius 2 is 1.56 bits per heavy atom. The number of alkyl halides is 3. The van der Waals surface area contributed by atoms with Gasteiger partial charge in [0.25, 0.3) is 5.91 Å². The smallest absolute Gasteiger partial charge is 0.376 e. The van der Waals surface area contributed by atoms with E-state index in [9.17, 15) is 22.8 Å². The molecule has 0 saturated carbocycles. The van der Waals surface area contributed by atoms with E-state index in [0.29, 0.717) is 12.2 Å². The highest BCUT2D eigenvalue weighted by atomic mass is 19.4. The second kappa shape index (κ2) is 10.00. The van der Waals surface area contributed by atoms with E-state index >= 15 is 0 Å². The molecule has 2 N–H and O–H groups in total. The predicted molar refractivity (Wildman–Crippen MR) is 117 cm³/mol. The highest BCUT2D eigenvalue weighted by Gasteiger charge is 2.30. The molecule has 3 rings (SSSR count). The molecule has 0 aliphatic carbocycles. The number of amides is 2. The number of hydrogen-bond acceptors (Lipinski definition) is 3. The van der Waals surface area contributed by atoms with Crippen LogP contribution in [-0.2, 0) is 17.5 Å². The fraction of sp³-hybridized carbons (Fsp3) is 0.167. The Morgan fingerprint density at radius 3 is 2.28 bits per heavy atom. The van der Waals surface area contributed by atoms with Crippen molar-refractivity contribution in [2.45, 2.75) is 12.7 Å². The van der Waals surface area contributed by atoms with Crippen LogP contribution in [-0.4, -0.2) is 30.3 Å². The lowest BCUT2D eigenvalue weighted by Gasteiger charge is -2.18. The lowest BCUT2D eigenvalue weighted by molar-refractivity contribution is -0.137. The molecule has 32 heavy (non-hydrogen) atoms. The molecule has 3 aromatic rings. The number of carbonyl (C=O) groups is 2. The number of anilines is 2. The van der Waals surface area contributed by atoms with Gasteiger partial charge >= 0.3 is 6.18 Å². The van der Waals surface area contributed by atoms with Crippen LogP contribution in [0.25, 0.3) is 0 Å². The topological polar surface area (TPSA) is 61.4 Å². The first-order valence-corrected chi connectivity index (χ1v) is 9.83. The van der Waals surface area contributed by atoms with Gasteiger partial charge in [0, 0.05) is 30.5 Å². The van der Waals surface area contributed by atoms with Gasteiger partial charge in [0.05, 0.1) is 12.1 Å². The molecular weight excluding hydrogens is 419 g/mol. The van der Waals surface area contributed by atoms with Crippen molar-refractivity contribution in [2.75, 3.05) is 24.2 Å². The van der Waals surface area contributed by atoms with Crippen molar-refractivity contribution in [3.63, 3.8) is 0 Å². The lowest BCUT2D eigenvalue weighted by atomic mass is 10.1. The van der Waals surface area contributed by atoms with Crippen LogP contribution in [0.5, 0.6) is 0 Å². The number of nitrogens with one attached hydrogen (secondary N) is 2. The molecular formula is C24H22F3N3O2. The van der Waals surface area contributed by atoms with Crippen LogP contribution >= 0.6 is 0 Å². The van der Waals surface area contributed by atoms with E-state index in [1.807, 2.05) is 30.3 Å². The van der Waals surface area contributed by atoms with Gasteiger partial charge in [-0.1, -0.05) is 42.5 Å². The monoisotopic (exact) mass is 441 g/mol. The van der Waals surface area contributed by atoms with Crippen LogP contribution in [0.1, 0.15) is 21.5 Å². The zero-order valence-electron chi connectivity index (χ0n) is 17.3. The summed E-state index contributed by atoms with van der Waals surface area (Å²) in [6, 6.07) is 20.4. The third-order valence-corrected chi connectivity index (χ3v) is 4.70. The fourth-order valence-corrected chi connectivity index (χ4v) is 3.01. The molecule has 5 nitrogen and oxygen atoms in total. The maximum Gasteiger partial charge on any atom is 0.416 e. The quantitative estimate of drug-likeness (QED) is 0.541. The first-order chi connectivity index (χ1) is 15.2. The molecule has 0 unspecified atom stereocenters. The van der Waals surface area contributed by atoms with Crippen LogP contribution in [0.3, 0.4) is 0 Å². The molecule has 8 heteroatoms. The molecule has 0 aromatic heterocycles. The molecule has 0 aliphatic rings. The van der Waals surface area contributed by atoms with E-state index in [-0.39, 0.29) is 23.7 Å². The minimum atomic E-state index is -4.50. The van der Waals surface area contributed by atoms with Crippen molar-refractivity contribution in [3.05, 3.63) is 95.6 Å². The van der Waals surface area contributed by atoms with Crippen molar-refractivity contribution in [1.82, 2.24) is 4.90 Å². The van der Waals surface area contributed by atoms with Crippen molar-refractivity contribution < 1.29 is 22.8 Å². The molecule has 0 aliphatic heterocycles. The van der Waals surface area contributed by atoms with Gasteiger partial charge in [-0.15, -0.1) is 0 Å². The van der Waals surface area contributed by atoms with Gasteiger partial charge in [-0.05, 0) is 42.0 Å². The largest absolute Gasteiger partial charge is 0.416 e. The first kappa shape index (κ1) is 22.9. The minimum Gasteiger partial charge on any atom is -0.376 e. The summed E-state index contributed by atoms with van der Waals surface area (Å²) in [5.74, 6) is -0.687. The number of nitrogens with zero attached hydrogens (tertiary/aromatic N) is 1. The number of hydrogen-bond donors (Lipinski definition) is 2. The van der Waals surface area contributed by atoms with Gasteiger partial charge in [0.2, 0.25) is 5.91 Å². The SMILES string of the molecule is CN(Cc1ccccc1)C(=O)CNc1cccc(C(=O)Nc2cccc(C(F)(F)F)c2)c1. The molecule has 0 atom stereocenters. The Labute approximate surface area is 183 Å². The van der Waals surface area contributed by atoms with Gasteiger partial charge in [0.1, 0.15) is 0 Å². The molecule has 166 valence electrons. The molecule has 0 radical (unpaired) electrons. The normalized spacial score (nSPS) is 11.0. The van der Waals surface area contributed by atoms with E-state index < -0.39 is 17.6 Å². The molecule has 0 bridgehead atoms. The summed E-state index contributed by atoms with van der Waals surface area (Å²) in [5.41, 5.74) is 1.00. The van der Waals surface area contributed by atoms with Crippen LogP contribution < -0.4 is 10.6 Å². The fourth-order valence-electron chi connectivity index (χ4n) is 3.01. The maximum absolute atomic E-state index is 12.9. The standard InChI is InChI=1S/C24H22F3N3O2/c1-30(16-17-7-3-2-4-8-17)22(31)15-28-20-11-5-9-18(13-20)23(32)29-21-12-6-10-19(14-21)24(25,26)27/h2-14,28H,15-16H2,1H3,(H,29,32). The van der Waals surface area contributed by atoms with Crippen LogP contribution in [0.4, 0.5) is 24.5 Å². The van der Waals surface area contributed by atoms with Gasteiger partial charge in [-0.3, -0.25) is 9.59 Å². The third kappa shape index (κ3) is 6.34. The summed E-state index contributed by atoms with van der Waals surface area (Å²) in [6.45, 7) is 0.503. The van der Waals surface area contributed by atoms with Crippen LogP contribution in [0.15, 0.2) is 78.9 Å². The van der Waals surface area contributed by atoms with Gasteiger partial charge in [-0.2, -0.15) is 13.2 Å². The maximum atomic E-state index is 12.9. The minimum absolute atomic E-state index is 0.0298. The van der Waals surface area contributed by atoms with E-state index in [0.717, 1.165) is 17.7 Å². The Kier molecular flexibility index (Phi) is 7.14. The number of likely N-dealkylation sites (N-methyl/N-ethyl adjacent to an activating group) is 1. The summed E-state index contributed by atoms with van der Waals surface area (Å²) >= 11 is 0. The van der Waals surface area contributed by atoms with E-state index in [1.165, 1.54) is 24.3 Å². The van der Waals surface area contributed by atoms with Crippen molar-refractivity contribution in [2.24, 2.45) is 0 Å². The van der Waals surface area contributed by atoms with Gasteiger partial charge in [0.15, 0.2) is 0 Å². The van der Waals surface area contributed by atoms with Crippen LogP contribution in [0, 0.1) is 0 Å². The molecule has 3 aromatic carbocycles. The molecule has 0 spiro atoms. The molecule has 0 fully saturated rings. The van der Waals surface area contributed by atoms with Crippen molar-refractivity contribution in [3.8, 4) is 0 Å². The van der Waals surface area contributed by atoms with Crippen molar-refractivity contribution >= 4 is 23.2 Å². The highest BCUT2D eigenvalue weighted by Crippen LogP contribution is 2.30. The summed E-state index contributed by atoms with van der Waals surface area (Å²) in [7, 11) is 1.70.